The number of hydrogen-bond donors (Lipinski definition) is 1. The van der Waals surface area contributed by atoms with Gasteiger partial charge in [0.2, 0.25) is 0 Å². The number of nitrogens with zero attached hydrogens (tertiary/aromatic N) is 2. The third kappa shape index (κ3) is 4.16. The summed E-state index contributed by atoms with van der Waals surface area (Å²) >= 11 is 0. The monoisotopic (exact) mass is 496 g/mol. The van der Waals surface area contributed by atoms with E-state index in [-0.39, 0.29) is 23.4 Å². The van der Waals surface area contributed by atoms with Crippen molar-refractivity contribution >= 4 is 10.9 Å². The fraction of sp³-hybridized carbons (Fsp3) is 0.167. The van der Waals surface area contributed by atoms with E-state index in [4.69, 9.17) is 0 Å². The molecule has 0 aliphatic carbocycles. The Morgan fingerprint density at radius 2 is 1.40 bits per heavy atom. The number of alkyl halides is 6. The van der Waals surface area contributed by atoms with Crippen LogP contribution in [0.15, 0.2) is 77.6 Å². The molecule has 1 N–H and O–H groups in total. The summed E-state index contributed by atoms with van der Waals surface area (Å²) in [7, 11) is 0. The maximum absolute atomic E-state index is 14.4. The quantitative estimate of drug-likeness (QED) is 0.384. The zero-order valence-corrected chi connectivity index (χ0v) is 17.5. The molecule has 0 radical (unpaired) electrons. The van der Waals surface area contributed by atoms with Gasteiger partial charge in [-0.2, -0.15) is 26.3 Å². The van der Waals surface area contributed by atoms with Gasteiger partial charge in [-0.05, 0) is 29.8 Å². The first-order valence-electron chi connectivity index (χ1n) is 10.1. The third-order valence-corrected chi connectivity index (χ3v) is 5.49. The average Bonchev–Trinajstić information content (AvgIpc) is 2.78. The smallest absolute Gasteiger partial charge is 0.369 e. The van der Waals surface area contributed by atoms with Crippen molar-refractivity contribution in [1.29, 1.82) is 0 Å². The van der Waals surface area contributed by atoms with Crippen molar-refractivity contribution in [3.63, 3.8) is 0 Å². The standard InChI is InChI=1S/C24H15F7N2O2/c25-17-7-4-8-18-20(17)21(34)33(19(32-18)13-14-5-2-1-3-6-14)16-11-9-15(10-12-16)22(35,23(26,27)28)24(29,30)31/h1-12,35H,13H2. The molecule has 0 fully saturated rings. The molecule has 1 heterocycles. The lowest BCUT2D eigenvalue weighted by Gasteiger charge is -2.32. The van der Waals surface area contributed by atoms with Gasteiger partial charge in [-0.15, -0.1) is 0 Å². The zero-order chi connectivity index (χ0) is 25.6. The van der Waals surface area contributed by atoms with Crippen molar-refractivity contribution < 1.29 is 35.8 Å². The molecule has 182 valence electrons. The number of benzene rings is 3. The molecule has 1 aromatic heterocycles. The van der Waals surface area contributed by atoms with Crippen LogP contribution in [0.1, 0.15) is 17.0 Å². The van der Waals surface area contributed by atoms with Gasteiger partial charge >= 0.3 is 12.4 Å². The van der Waals surface area contributed by atoms with E-state index in [1.54, 1.807) is 30.3 Å². The van der Waals surface area contributed by atoms with Crippen molar-refractivity contribution in [2.75, 3.05) is 0 Å². The minimum atomic E-state index is -6.06. The second-order valence-electron chi connectivity index (χ2n) is 7.72. The summed E-state index contributed by atoms with van der Waals surface area (Å²) in [5.41, 5.74) is -6.92. The molecule has 0 bridgehead atoms. The van der Waals surface area contributed by atoms with Crippen LogP contribution in [0.2, 0.25) is 0 Å². The summed E-state index contributed by atoms with van der Waals surface area (Å²) in [4.78, 5) is 17.6. The van der Waals surface area contributed by atoms with E-state index in [2.05, 4.69) is 4.98 Å². The van der Waals surface area contributed by atoms with Gasteiger partial charge in [-0.3, -0.25) is 9.36 Å². The first kappa shape index (κ1) is 24.4. The first-order valence-corrected chi connectivity index (χ1v) is 10.1. The topological polar surface area (TPSA) is 55.1 Å². The summed E-state index contributed by atoms with van der Waals surface area (Å²) in [5, 5.41) is 9.23. The van der Waals surface area contributed by atoms with Crippen molar-refractivity contribution in [3.8, 4) is 5.69 Å². The summed E-state index contributed by atoms with van der Waals surface area (Å²) in [5.74, 6) is -0.811. The van der Waals surface area contributed by atoms with Gasteiger partial charge in [0, 0.05) is 12.0 Å². The van der Waals surface area contributed by atoms with Gasteiger partial charge < -0.3 is 5.11 Å². The van der Waals surface area contributed by atoms with E-state index in [1.807, 2.05) is 0 Å². The van der Waals surface area contributed by atoms with Crippen LogP contribution in [0.25, 0.3) is 16.6 Å². The van der Waals surface area contributed by atoms with Gasteiger partial charge in [-0.25, -0.2) is 9.37 Å². The summed E-state index contributed by atoms with van der Waals surface area (Å²) < 4.78 is 94.7. The van der Waals surface area contributed by atoms with Gasteiger partial charge in [0.05, 0.1) is 11.2 Å². The van der Waals surface area contributed by atoms with Crippen LogP contribution in [0.5, 0.6) is 0 Å². The molecule has 0 saturated carbocycles. The molecule has 35 heavy (non-hydrogen) atoms. The van der Waals surface area contributed by atoms with E-state index in [1.165, 1.54) is 12.1 Å². The second-order valence-corrected chi connectivity index (χ2v) is 7.72. The number of aromatic nitrogens is 2. The van der Waals surface area contributed by atoms with Gasteiger partial charge in [0.25, 0.3) is 11.2 Å². The minimum Gasteiger partial charge on any atom is -0.369 e. The molecule has 4 nitrogen and oxygen atoms in total. The second kappa shape index (κ2) is 8.49. The van der Waals surface area contributed by atoms with Crippen LogP contribution in [0, 0.1) is 5.82 Å². The molecule has 0 atom stereocenters. The highest BCUT2D eigenvalue weighted by molar-refractivity contribution is 5.78. The van der Waals surface area contributed by atoms with Crippen molar-refractivity contribution in [1.82, 2.24) is 9.55 Å². The Labute approximate surface area is 192 Å². The van der Waals surface area contributed by atoms with Crippen LogP contribution >= 0.6 is 0 Å². The highest BCUT2D eigenvalue weighted by Crippen LogP contribution is 2.50. The maximum Gasteiger partial charge on any atom is 0.430 e. The first-order chi connectivity index (χ1) is 16.3. The van der Waals surface area contributed by atoms with Crippen LogP contribution < -0.4 is 5.56 Å². The Morgan fingerprint density at radius 3 is 1.97 bits per heavy atom. The molecular weight excluding hydrogens is 481 g/mol. The summed E-state index contributed by atoms with van der Waals surface area (Å²) in [6, 6.07) is 14.9. The fourth-order valence-corrected chi connectivity index (χ4v) is 3.74. The van der Waals surface area contributed by atoms with Crippen LogP contribution in [-0.2, 0) is 12.0 Å². The molecule has 4 rings (SSSR count). The highest BCUT2D eigenvalue weighted by Gasteiger charge is 2.71. The molecule has 0 spiro atoms. The molecule has 0 amide bonds. The van der Waals surface area contributed by atoms with Gasteiger partial charge in [-0.1, -0.05) is 48.5 Å². The van der Waals surface area contributed by atoms with Crippen molar-refractivity contribution in [2.45, 2.75) is 24.4 Å². The average molecular weight is 496 g/mol. The Morgan fingerprint density at radius 1 is 0.800 bits per heavy atom. The third-order valence-electron chi connectivity index (χ3n) is 5.49. The van der Waals surface area contributed by atoms with Crippen molar-refractivity contribution in [2.24, 2.45) is 0 Å². The molecule has 0 aliphatic heterocycles. The molecular formula is C24H15F7N2O2. The number of rotatable bonds is 4. The van der Waals surface area contributed by atoms with Gasteiger partial charge in [0.15, 0.2) is 0 Å². The summed E-state index contributed by atoms with van der Waals surface area (Å²) in [6.07, 6.45) is -12.1. The largest absolute Gasteiger partial charge is 0.430 e. The number of fused-ring (bicyclic) bond motifs is 1. The van der Waals surface area contributed by atoms with Crippen LogP contribution in [0.4, 0.5) is 30.7 Å². The van der Waals surface area contributed by atoms with E-state index in [0.29, 0.717) is 17.7 Å². The predicted octanol–water partition coefficient (Wildman–Crippen LogP) is 5.43. The van der Waals surface area contributed by atoms with Crippen LogP contribution in [0.3, 0.4) is 0 Å². The molecule has 4 aromatic rings. The Balaban J connectivity index is 1.92. The van der Waals surface area contributed by atoms with Crippen molar-refractivity contribution in [3.05, 3.63) is 106 Å². The minimum absolute atomic E-state index is 0.0392. The van der Waals surface area contributed by atoms with Gasteiger partial charge in [0.1, 0.15) is 17.0 Å². The molecule has 3 aromatic carbocycles. The number of aliphatic hydroxyl groups is 1. The normalized spacial score (nSPS) is 12.8. The Kier molecular flexibility index (Phi) is 5.92. The molecule has 0 aliphatic rings. The van der Waals surface area contributed by atoms with E-state index in [9.17, 15) is 40.6 Å². The highest BCUT2D eigenvalue weighted by atomic mass is 19.4. The number of hydrogen-bond acceptors (Lipinski definition) is 3. The molecule has 0 saturated heterocycles. The lowest BCUT2D eigenvalue weighted by molar-refractivity contribution is -0.376. The van der Waals surface area contributed by atoms with Crippen LogP contribution in [-0.4, -0.2) is 27.0 Å². The zero-order valence-electron chi connectivity index (χ0n) is 17.5. The Hall–Kier alpha value is -3.73. The lowest BCUT2D eigenvalue weighted by atomic mass is 9.92. The molecule has 0 unspecified atom stereocenters. The predicted molar refractivity (Wildman–Crippen MR) is 113 cm³/mol. The van der Waals surface area contributed by atoms with E-state index in [0.717, 1.165) is 22.8 Å². The number of halogens is 7. The molecule has 11 heteroatoms. The Bertz CT molecular complexity index is 1410. The SMILES string of the molecule is O=c1c2c(F)cccc2nc(Cc2ccccc2)n1-c1ccc(C(O)(C(F)(F)F)C(F)(F)F)cc1. The fourth-order valence-electron chi connectivity index (χ4n) is 3.74. The lowest BCUT2D eigenvalue weighted by Crippen LogP contribution is -2.53. The van der Waals surface area contributed by atoms with E-state index >= 15 is 0 Å². The van der Waals surface area contributed by atoms with E-state index < -0.39 is 40.3 Å². The maximum atomic E-state index is 14.4. The summed E-state index contributed by atoms with van der Waals surface area (Å²) in [6.45, 7) is 0.